The van der Waals surface area contributed by atoms with E-state index in [4.69, 9.17) is 4.98 Å². The molecule has 2 saturated heterocycles. The van der Waals surface area contributed by atoms with Crippen molar-refractivity contribution in [1.29, 1.82) is 0 Å². The number of nitrogens with zero attached hydrogens (tertiary/aromatic N) is 5. The Bertz CT molecular complexity index is 1010. The van der Waals surface area contributed by atoms with Crippen LogP contribution >= 0.6 is 11.3 Å². The van der Waals surface area contributed by atoms with Gasteiger partial charge in [-0.05, 0) is 43.9 Å². The topological polar surface area (TPSA) is 53.7 Å². The minimum atomic E-state index is 0.114. The van der Waals surface area contributed by atoms with Crippen LogP contribution in [0.3, 0.4) is 0 Å². The van der Waals surface area contributed by atoms with E-state index in [2.05, 4.69) is 31.9 Å². The Hall–Kier alpha value is -2.25. The highest BCUT2D eigenvalue weighted by Crippen LogP contribution is 2.33. The summed E-state index contributed by atoms with van der Waals surface area (Å²) < 4.78 is 2.14. The lowest BCUT2D eigenvalue weighted by Gasteiger charge is -2.36. The minimum Gasteiger partial charge on any atom is -0.337 e. The van der Waals surface area contributed by atoms with Gasteiger partial charge in [0.2, 0.25) is 0 Å². The number of imidazole rings is 1. The van der Waals surface area contributed by atoms with Gasteiger partial charge in [-0.3, -0.25) is 19.1 Å². The number of amides is 1. The molecule has 6 nitrogen and oxygen atoms in total. The van der Waals surface area contributed by atoms with Gasteiger partial charge in [-0.15, -0.1) is 11.3 Å². The monoisotopic (exact) mass is 437 g/mol. The zero-order chi connectivity index (χ0) is 21.0. The van der Waals surface area contributed by atoms with Crippen LogP contribution < -0.4 is 0 Å². The Kier molecular flexibility index (Phi) is 6.32. The maximum Gasteiger partial charge on any atom is 0.274 e. The molecule has 1 unspecified atom stereocenters. The average molecular weight is 438 g/mol. The van der Waals surface area contributed by atoms with Gasteiger partial charge in [-0.1, -0.05) is 31.7 Å². The molecule has 2 aliphatic rings. The summed E-state index contributed by atoms with van der Waals surface area (Å²) in [6.07, 6.45) is 15.4. The summed E-state index contributed by atoms with van der Waals surface area (Å²) in [5.74, 6) is 0.114. The van der Waals surface area contributed by atoms with Gasteiger partial charge in [0.15, 0.2) is 10.7 Å². The molecule has 1 amide bonds. The first kappa shape index (κ1) is 20.6. The van der Waals surface area contributed by atoms with Crippen molar-refractivity contribution in [3.05, 3.63) is 53.1 Å². The zero-order valence-corrected chi connectivity index (χ0v) is 18.9. The average Bonchev–Trinajstić information content (AvgIpc) is 3.37. The van der Waals surface area contributed by atoms with Crippen molar-refractivity contribution >= 4 is 22.2 Å². The van der Waals surface area contributed by atoms with Crippen LogP contribution in [0.25, 0.3) is 4.96 Å². The van der Waals surface area contributed by atoms with Crippen molar-refractivity contribution in [2.24, 2.45) is 0 Å². The van der Waals surface area contributed by atoms with Crippen molar-refractivity contribution in [3.8, 4) is 0 Å². The van der Waals surface area contributed by atoms with Gasteiger partial charge in [0.25, 0.3) is 5.91 Å². The molecule has 0 aromatic carbocycles. The van der Waals surface area contributed by atoms with Crippen LogP contribution in [-0.4, -0.2) is 49.7 Å². The number of hydrogen-bond acceptors (Lipinski definition) is 5. The largest absolute Gasteiger partial charge is 0.337 e. The molecule has 164 valence electrons. The number of piperidine rings is 1. The predicted octanol–water partition coefficient (Wildman–Crippen LogP) is 4.92. The summed E-state index contributed by atoms with van der Waals surface area (Å²) >= 11 is 1.61. The first-order chi connectivity index (χ1) is 15.3. The second-order valence-electron chi connectivity index (χ2n) is 8.79. The lowest BCUT2D eigenvalue weighted by atomic mass is 9.96. The predicted molar refractivity (Wildman–Crippen MR) is 123 cm³/mol. The highest BCUT2D eigenvalue weighted by molar-refractivity contribution is 7.15. The van der Waals surface area contributed by atoms with E-state index >= 15 is 0 Å². The van der Waals surface area contributed by atoms with Crippen LogP contribution in [0.5, 0.6) is 0 Å². The van der Waals surface area contributed by atoms with E-state index in [1.807, 2.05) is 23.4 Å². The quantitative estimate of drug-likeness (QED) is 0.581. The molecule has 7 heteroatoms. The lowest BCUT2D eigenvalue weighted by Crippen LogP contribution is -2.36. The van der Waals surface area contributed by atoms with Gasteiger partial charge >= 0.3 is 0 Å². The Balaban J connectivity index is 1.45. The summed E-state index contributed by atoms with van der Waals surface area (Å²) in [7, 11) is 0. The van der Waals surface area contributed by atoms with Crippen molar-refractivity contribution in [1.82, 2.24) is 24.2 Å². The Morgan fingerprint density at radius 3 is 2.68 bits per heavy atom. The minimum absolute atomic E-state index is 0.114. The first-order valence-electron chi connectivity index (χ1n) is 11.7. The molecule has 0 spiro atoms. The Labute approximate surface area is 187 Å². The van der Waals surface area contributed by atoms with Crippen molar-refractivity contribution in [3.63, 3.8) is 0 Å². The summed E-state index contributed by atoms with van der Waals surface area (Å²) in [6.45, 7) is 3.48. The van der Waals surface area contributed by atoms with Crippen LogP contribution in [0.2, 0.25) is 0 Å². The second kappa shape index (κ2) is 9.49. The summed E-state index contributed by atoms with van der Waals surface area (Å²) in [4.78, 5) is 28.2. The number of thiazole rings is 1. The smallest absolute Gasteiger partial charge is 0.274 e. The van der Waals surface area contributed by atoms with Gasteiger partial charge < -0.3 is 4.90 Å². The molecule has 0 aliphatic carbocycles. The number of carbonyl (C=O) groups excluding carboxylic acids is 1. The van der Waals surface area contributed by atoms with Gasteiger partial charge in [0.05, 0.1) is 5.69 Å². The Morgan fingerprint density at radius 1 is 1.06 bits per heavy atom. The molecule has 1 atom stereocenters. The SMILES string of the molecule is O=C(c1nc2sccn2c1CN1CCCCC1c1cccnc1)N1CCCCCCC1. The number of carbonyl (C=O) groups is 1. The number of hydrogen-bond donors (Lipinski definition) is 0. The normalized spacial score (nSPS) is 21.2. The first-order valence-corrected chi connectivity index (χ1v) is 12.6. The van der Waals surface area contributed by atoms with Gasteiger partial charge in [0.1, 0.15) is 0 Å². The third-order valence-electron chi connectivity index (χ3n) is 6.74. The molecule has 2 aliphatic heterocycles. The number of pyridine rings is 1. The van der Waals surface area contributed by atoms with E-state index in [1.54, 1.807) is 11.3 Å². The lowest BCUT2D eigenvalue weighted by molar-refractivity contribution is 0.0732. The number of rotatable bonds is 4. The second-order valence-corrected chi connectivity index (χ2v) is 9.66. The van der Waals surface area contributed by atoms with Crippen molar-refractivity contribution in [2.45, 2.75) is 64.0 Å². The van der Waals surface area contributed by atoms with E-state index in [-0.39, 0.29) is 5.91 Å². The number of aromatic nitrogens is 3. The molecule has 3 aromatic heterocycles. The van der Waals surface area contributed by atoms with E-state index in [0.717, 1.165) is 56.1 Å². The highest BCUT2D eigenvalue weighted by atomic mass is 32.1. The molecule has 0 saturated carbocycles. The van der Waals surface area contributed by atoms with E-state index in [9.17, 15) is 4.79 Å². The van der Waals surface area contributed by atoms with Crippen molar-refractivity contribution < 1.29 is 4.79 Å². The molecule has 0 bridgehead atoms. The highest BCUT2D eigenvalue weighted by Gasteiger charge is 2.30. The van der Waals surface area contributed by atoms with Crippen molar-refractivity contribution in [2.75, 3.05) is 19.6 Å². The summed E-state index contributed by atoms with van der Waals surface area (Å²) in [5.41, 5.74) is 2.96. The van der Waals surface area contributed by atoms with Crippen LogP contribution in [0.4, 0.5) is 0 Å². The standard InChI is InChI=1S/C24H31N5OS/c30-23(27-12-5-2-1-3-6-13-27)22-21(29-15-16-31-24(29)26-22)18-28-14-7-4-10-20(28)19-9-8-11-25-17-19/h8-9,11,15-17,20H,1-7,10,12-14,18H2. The van der Waals surface area contributed by atoms with E-state index in [0.29, 0.717) is 11.7 Å². The van der Waals surface area contributed by atoms with E-state index in [1.165, 1.54) is 37.7 Å². The fraction of sp³-hybridized carbons (Fsp3) is 0.542. The molecule has 0 radical (unpaired) electrons. The molecule has 5 rings (SSSR count). The molecule has 0 N–H and O–H groups in total. The number of fused-ring (bicyclic) bond motifs is 1. The van der Waals surface area contributed by atoms with Crippen LogP contribution in [0, 0.1) is 0 Å². The third-order valence-corrected chi connectivity index (χ3v) is 7.50. The Morgan fingerprint density at radius 2 is 1.87 bits per heavy atom. The fourth-order valence-electron chi connectivity index (χ4n) is 5.08. The van der Waals surface area contributed by atoms with Crippen LogP contribution in [0.1, 0.15) is 79.2 Å². The van der Waals surface area contributed by atoms with Crippen LogP contribution in [-0.2, 0) is 6.54 Å². The molecule has 5 heterocycles. The molecular formula is C24H31N5OS. The summed E-state index contributed by atoms with van der Waals surface area (Å²) in [5, 5.41) is 2.06. The van der Waals surface area contributed by atoms with Gasteiger partial charge in [-0.25, -0.2) is 4.98 Å². The number of likely N-dealkylation sites (tertiary alicyclic amines) is 2. The summed E-state index contributed by atoms with van der Waals surface area (Å²) in [6, 6.07) is 4.55. The molecular weight excluding hydrogens is 406 g/mol. The molecule has 2 fully saturated rings. The molecule has 31 heavy (non-hydrogen) atoms. The maximum atomic E-state index is 13.6. The fourth-order valence-corrected chi connectivity index (χ4v) is 5.81. The zero-order valence-electron chi connectivity index (χ0n) is 18.1. The third kappa shape index (κ3) is 4.39. The van der Waals surface area contributed by atoms with Gasteiger partial charge in [0, 0.05) is 49.6 Å². The van der Waals surface area contributed by atoms with Gasteiger partial charge in [-0.2, -0.15) is 0 Å². The maximum absolute atomic E-state index is 13.6. The van der Waals surface area contributed by atoms with Crippen LogP contribution in [0.15, 0.2) is 36.1 Å². The molecule has 3 aromatic rings. The van der Waals surface area contributed by atoms with E-state index < -0.39 is 0 Å².